The van der Waals surface area contributed by atoms with E-state index in [1.807, 2.05) is 12.1 Å². The number of aryl methyl sites for hydroxylation is 1. The van der Waals surface area contributed by atoms with Gasteiger partial charge in [0.2, 0.25) is 0 Å². The highest BCUT2D eigenvalue weighted by Gasteiger charge is 1.95. The Bertz CT molecular complexity index is 483. The Labute approximate surface area is 138 Å². The van der Waals surface area contributed by atoms with Crippen molar-refractivity contribution in [2.75, 3.05) is 13.1 Å². The number of hydrogen-bond acceptors (Lipinski definition) is 2. The lowest BCUT2D eigenvalue weighted by molar-refractivity contribution is 0.582. The lowest BCUT2D eigenvalue weighted by atomic mass is 10.1. The Morgan fingerprint density at radius 1 is 0.727 bits per heavy atom. The van der Waals surface area contributed by atoms with Gasteiger partial charge in [0.05, 0.1) is 0 Å². The van der Waals surface area contributed by atoms with E-state index in [0.717, 1.165) is 31.2 Å². The van der Waals surface area contributed by atoms with Gasteiger partial charge in [-0.05, 0) is 56.1 Å². The molecule has 0 saturated carbocycles. The average Bonchev–Trinajstić information content (AvgIpc) is 2.53. The molecule has 2 aromatic carbocycles. The first-order chi connectivity index (χ1) is 10.7. The second-order valence-electron chi connectivity index (χ2n) is 5.67. The Morgan fingerprint density at radius 2 is 1.18 bits per heavy atom. The molecule has 0 atom stereocenters. The minimum Gasteiger partial charge on any atom is -0.313 e. The van der Waals surface area contributed by atoms with Crippen LogP contribution in [0.4, 0.5) is 0 Å². The molecule has 0 aliphatic heterocycles. The number of benzene rings is 2. The number of halogens is 1. The zero-order valence-electron chi connectivity index (χ0n) is 13.2. The minimum absolute atomic E-state index is 0.795. The molecular weight excluding hydrogens is 292 g/mol. The summed E-state index contributed by atoms with van der Waals surface area (Å²) >= 11 is 5.87. The van der Waals surface area contributed by atoms with Crippen LogP contribution in [0, 0.1) is 6.92 Å². The van der Waals surface area contributed by atoms with E-state index in [1.54, 1.807) is 0 Å². The number of nitrogens with one attached hydrogen (secondary N) is 2. The van der Waals surface area contributed by atoms with E-state index in [1.165, 1.54) is 29.5 Å². The normalized spacial score (nSPS) is 10.8. The summed E-state index contributed by atoms with van der Waals surface area (Å²) in [7, 11) is 0. The van der Waals surface area contributed by atoms with Crippen molar-refractivity contribution in [1.29, 1.82) is 0 Å². The highest BCUT2D eigenvalue weighted by atomic mass is 35.5. The molecule has 0 bridgehead atoms. The molecule has 0 saturated heterocycles. The minimum atomic E-state index is 0.795. The first-order valence-corrected chi connectivity index (χ1v) is 8.33. The molecule has 2 aromatic rings. The third-order valence-electron chi connectivity index (χ3n) is 3.65. The number of hydrogen-bond donors (Lipinski definition) is 2. The Morgan fingerprint density at radius 3 is 1.68 bits per heavy atom. The van der Waals surface area contributed by atoms with Crippen molar-refractivity contribution in [1.82, 2.24) is 10.6 Å². The average molecular weight is 317 g/mol. The van der Waals surface area contributed by atoms with Gasteiger partial charge in [0.1, 0.15) is 0 Å². The van der Waals surface area contributed by atoms with Crippen molar-refractivity contribution in [3.8, 4) is 0 Å². The summed E-state index contributed by atoms with van der Waals surface area (Å²) < 4.78 is 0. The molecule has 0 radical (unpaired) electrons. The zero-order valence-corrected chi connectivity index (χ0v) is 14.0. The smallest absolute Gasteiger partial charge is 0.0406 e. The van der Waals surface area contributed by atoms with Crippen molar-refractivity contribution in [2.24, 2.45) is 0 Å². The van der Waals surface area contributed by atoms with Crippen LogP contribution in [0.3, 0.4) is 0 Å². The summed E-state index contributed by atoms with van der Waals surface area (Å²) in [5.41, 5.74) is 3.95. The van der Waals surface area contributed by atoms with E-state index in [4.69, 9.17) is 11.6 Å². The molecule has 0 unspecified atom stereocenters. The molecule has 22 heavy (non-hydrogen) atoms. The Balaban J connectivity index is 1.47. The third-order valence-corrected chi connectivity index (χ3v) is 3.90. The molecular formula is C19H25ClN2. The van der Waals surface area contributed by atoms with Gasteiger partial charge >= 0.3 is 0 Å². The first kappa shape index (κ1) is 17.0. The van der Waals surface area contributed by atoms with Crippen LogP contribution in [0.5, 0.6) is 0 Å². The fourth-order valence-corrected chi connectivity index (χ4v) is 2.40. The molecule has 0 spiro atoms. The number of unbranched alkanes of at least 4 members (excludes halogenated alkanes) is 1. The van der Waals surface area contributed by atoms with Gasteiger partial charge in [-0.1, -0.05) is 53.6 Å². The van der Waals surface area contributed by atoms with Crippen LogP contribution >= 0.6 is 11.6 Å². The largest absolute Gasteiger partial charge is 0.313 e. The van der Waals surface area contributed by atoms with Crippen molar-refractivity contribution >= 4 is 11.6 Å². The Kier molecular flexibility index (Phi) is 7.44. The highest BCUT2D eigenvalue weighted by Crippen LogP contribution is 2.09. The fourth-order valence-electron chi connectivity index (χ4n) is 2.27. The van der Waals surface area contributed by atoms with Crippen molar-refractivity contribution in [2.45, 2.75) is 32.9 Å². The van der Waals surface area contributed by atoms with Gasteiger partial charge in [-0.2, -0.15) is 0 Å². The highest BCUT2D eigenvalue weighted by molar-refractivity contribution is 6.30. The van der Waals surface area contributed by atoms with Gasteiger partial charge in [0.25, 0.3) is 0 Å². The first-order valence-electron chi connectivity index (χ1n) is 7.95. The maximum atomic E-state index is 5.87. The fraction of sp³-hybridized carbons (Fsp3) is 0.368. The van der Waals surface area contributed by atoms with E-state index in [9.17, 15) is 0 Å². The second kappa shape index (κ2) is 9.62. The second-order valence-corrected chi connectivity index (χ2v) is 6.11. The van der Waals surface area contributed by atoms with Crippen LogP contribution in [0.1, 0.15) is 29.5 Å². The molecule has 0 fully saturated rings. The summed E-state index contributed by atoms with van der Waals surface area (Å²) in [6, 6.07) is 16.7. The summed E-state index contributed by atoms with van der Waals surface area (Å²) in [5.74, 6) is 0. The van der Waals surface area contributed by atoms with E-state index in [0.29, 0.717) is 0 Å². The van der Waals surface area contributed by atoms with Crippen molar-refractivity contribution < 1.29 is 0 Å². The van der Waals surface area contributed by atoms with Crippen LogP contribution in [-0.4, -0.2) is 13.1 Å². The maximum Gasteiger partial charge on any atom is 0.0406 e. The van der Waals surface area contributed by atoms with Crippen LogP contribution in [0.15, 0.2) is 48.5 Å². The quantitative estimate of drug-likeness (QED) is 0.674. The van der Waals surface area contributed by atoms with Crippen LogP contribution in [0.2, 0.25) is 5.02 Å². The lowest BCUT2D eigenvalue weighted by Crippen LogP contribution is -2.18. The van der Waals surface area contributed by atoms with Gasteiger partial charge in [-0.3, -0.25) is 0 Å². The molecule has 0 amide bonds. The standard InChI is InChI=1S/C19H25ClN2/c1-16-4-6-17(7-5-16)14-21-12-2-3-13-22-15-18-8-10-19(20)11-9-18/h4-11,21-22H,2-3,12-15H2,1H3. The van der Waals surface area contributed by atoms with Crippen molar-refractivity contribution in [3.05, 3.63) is 70.2 Å². The molecule has 2 N–H and O–H groups in total. The van der Waals surface area contributed by atoms with Gasteiger partial charge in [-0.25, -0.2) is 0 Å². The summed E-state index contributed by atoms with van der Waals surface area (Å²) in [5, 5.41) is 7.75. The zero-order chi connectivity index (χ0) is 15.6. The van der Waals surface area contributed by atoms with Crippen LogP contribution in [-0.2, 0) is 13.1 Å². The molecule has 2 rings (SSSR count). The van der Waals surface area contributed by atoms with Gasteiger partial charge in [0.15, 0.2) is 0 Å². The van der Waals surface area contributed by atoms with Crippen LogP contribution < -0.4 is 10.6 Å². The molecule has 118 valence electrons. The van der Waals surface area contributed by atoms with Gasteiger partial charge < -0.3 is 10.6 Å². The molecule has 2 nitrogen and oxygen atoms in total. The number of rotatable bonds is 9. The molecule has 0 aromatic heterocycles. The van der Waals surface area contributed by atoms with Gasteiger partial charge in [-0.15, -0.1) is 0 Å². The molecule has 0 heterocycles. The van der Waals surface area contributed by atoms with E-state index in [-0.39, 0.29) is 0 Å². The maximum absolute atomic E-state index is 5.87. The van der Waals surface area contributed by atoms with Crippen molar-refractivity contribution in [3.63, 3.8) is 0 Å². The SMILES string of the molecule is Cc1ccc(CNCCCCNCc2ccc(Cl)cc2)cc1. The lowest BCUT2D eigenvalue weighted by Gasteiger charge is -2.07. The third kappa shape index (κ3) is 6.61. The summed E-state index contributed by atoms with van der Waals surface area (Å²) in [6.45, 7) is 6.10. The van der Waals surface area contributed by atoms with E-state index >= 15 is 0 Å². The Hall–Kier alpha value is -1.35. The van der Waals surface area contributed by atoms with E-state index in [2.05, 4.69) is 54.0 Å². The summed E-state index contributed by atoms with van der Waals surface area (Å²) in [4.78, 5) is 0. The molecule has 0 aliphatic carbocycles. The molecule has 3 heteroatoms. The monoisotopic (exact) mass is 316 g/mol. The summed E-state index contributed by atoms with van der Waals surface area (Å²) in [6.07, 6.45) is 2.38. The van der Waals surface area contributed by atoms with E-state index < -0.39 is 0 Å². The molecule has 0 aliphatic rings. The van der Waals surface area contributed by atoms with Crippen LogP contribution in [0.25, 0.3) is 0 Å². The van der Waals surface area contributed by atoms with Gasteiger partial charge in [0, 0.05) is 18.1 Å². The topological polar surface area (TPSA) is 24.1 Å². The predicted molar refractivity (Wildman–Crippen MR) is 95.3 cm³/mol. The predicted octanol–water partition coefficient (Wildman–Crippen LogP) is 4.31.